The fraction of sp³-hybridized carbons (Fsp3) is 0.556. The van der Waals surface area contributed by atoms with Gasteiger partial charge in [0.25, 0.3) is 5.56 Å². The average Bonchev–Trinajstić information content (AvgIpc) is 2.19. The van der Waals surface area contributed by atoms with Crippen LogP contribution in [0.3, 0.4) is 0 Å². The monoisotopic (exact) mass is 197 g/mol. The second kappa shape index (κ2) is 5.39. The second-order valence-corrected chi connectivity index (χ2v) is 2.99. The molecule has 0 amide bonds. The van der Waals surface area contributed by atoms with E-state index in [9.17, 15) is 4.79 Å². The first kappa shape index (κ1) is 10.7. The van der Waals surface area contributed by atoms with Gasteiger partial charge in [-0.05, 0) is 6.42 Å². The van der Waals surface area contributed by atoms with Crippen LogP contribution in [0.15, 0.2) is 11.0 Å². The topological polar surface area (TPSA) is 78.0 Å². The maximum absolute atomic E-state index is 11.3. The van der Waals surface area contributed by atoms with E-state index in [1.807, 2.05) is 6.92 Å². The van der Waals surface area contributed by atoms with Crippen LogP contribution in [0.25, 0.3) is 0 Å². The molecule has 5 heteroatoms. The number of aromatic nitrogens is 2. The zero-order chi connectivity index (χ0) is 10.4. The van der Waals surface area contributed by atoms with Crippen molar-refractivity contribution in [3.63, 3.8) is 0 Å². The van der Waals surface area contributed by atoms with E-state index < -0.39 is 0 Å². The molecule has 3 N–H and O–H groups in total. The summed E-state index contributed by atoms with van der Waals surface area (Å²) in [6.45, 7) is 2.78. The number of H-pyrrole nitrogens is 1. The van der Waals surface area contributed by atoms with Crippen LogP contribution in [0.1, 0.15) is 18.9 Å². The van der Waals surface area contributed by atoms with Crippen LogP contribution < -0.4 is 10.9 Å². The summed E-state index contributed by atoms with van der Waals surface area (Å²) in [4.78, 5) is 18.0. The number of anilines is 1. The molecule has 0 radical (unpaired) electrons. The van der Waals surface area contributed by atoms with Gasteiger partial charge in [-0.25, -0.2) is 4.98 Å². The molecule has 1 aromatic rings. The zero-order valence-corrected chi connectivity index (χ0v) is 8.21. The van der Waals surface area contributed by atoms with Gasteiger partial charge in [0.15, 0.2) is 0 Å². The molecule has 1 rings (SSSR count). The first-order chi connectivity index (χ1) is 6.77. The van der Waals surface area contributed by atoms with Gasteiger partial charge in [-0.1, -0.05) is 6.92 Å². The SMILES string of the molecule is CCCNc1ncc(CCO)c(=O)[nH]1. The highest BCUT2D eigenvalue weighted by molar-refractivity contribution is 5.24. The Morgan fingerprint density at radius 2 is 2.43 bits per heavy atom. The summed E-state index contributed by atoms with van der Waals surface area (Å²) in [6.07, 6.45) is 2.81. The van der Waals surface area contributed by atoms with E-state index in [0.717, 1.165) is 13.0 Å². The summed E-state index contributed by atoms with van der Waals surface area (Å²) < 4.78 is 0. The lowest BCUT2D eigenvalue weighted by molar-refractivity contribution is 0.299. The minimum Gasteiger partial charge on any atom is -0.396 e. The number of hydrogen-bond acceptors (Lipinski definition) is 4. The van der Waals surface area contributed by atoms with E-state index >= 15 is 0 Å². The molecule has 0 aromatic carbocycles. The molecule has 0 aliphatic carbocycles. The molecule has 0 saturated carbocycles. The van der Waals surface area contributed by atoms with Crippen LogP contribution in [0.5, 0.6) is 0 Å². The predicted octanol–water partition coefficient (Wildman–Crippen LogP) is 0.127. The van der Waals surface area contributed by atoms with Gasteiger partial charge in [0.2, 0.25) is 5.95 Å². The van der Waals surface area contributed by atoms with Crippen molar-refractivity contribution in [1.29, 1.82) is 0 Å². The molecule has 78 valence electrons. The summed E-state index contributed by atoms with van der Waals surface area (Å²) in [6, 6.07) is 0. The molecule has 0 atom stereocenters. The summed E-state index contributed by atoms with van der Waals surface area (Å²) in [5.41, 5.74) is 0.321. The van der Waals surface area contributed by atoms with Crippen molar-refractivity contribution in [1.82, 2.24) is 9.97 Å². The van der Waals surface area contributed by atoms with Crippen LogP contribution in [0.2, 0.25) is 0 Å². The normalized spacial score (nSPS) is 10.1. The lowest BCUT2D eigenvalue weighted by atomic mass is 10.2. The largest absolute Gasteiger partial charge is 0.396 e. The lowest BCUT2D eigenvalue weighted by Gasteiger charge is -2.03. The molecule has 0 unspecified atom stereocenters. The minimum atomic E-state index is -0.187. The van der Waals surface area contributed by atoms with E-state index in [4.69, 9.17) is 5.11 Å². The number of nitrogens with zero attached hydrogens (tertiary/aromatic N) is 1. The average molecular weight is 197 g/mol. The summed E-state index contributed by atoms with van der Waals surface area (Å²) in [5.74, 6) is 0.485. The fourth-order valence-electron chi connectivity index (χ4n) is 1.05. The Morgan fingerprint density at radius 1 is 1.64 bits per heavy atom. The van der Waals surface area contributed by atoms with Crippen molar-refractivity contribution in [2.75, 3.05) is 18.5 Å². The molecule has 5 nitrogen and oxygen atoms in total. The fourth-order valence-corrected chi connectivity index (χ4v) is 1.05. The Kier molecular flexibility index (Phi) is 4.12. The van der Waals surface area contributed by atoms with Gasteiger partial charge in [-0.3, -0.25) is 9.78 Å². The van der Waals surface area contributed by atoms with Crippen molar-refractivity contribution in [2.24, 2.45) is 0 Å². The molecular weight excluding hydrogens is 182 g/mol. The van der Waals surface area contributed by atoms with Gasteiger partial charge in [0.1, 0.15) is 0 Å². The highest BCUT2D eigenvalue weighted by Gasteiger charge is 2.00. The van der Waals surface area contributed by atoms with Crippen LogP contribution in [-0.4, -0.2) is 28.2 Å². The molecule has 0 aliphatic heterocycles. The third-order valence-electron chi connectivity index (χ3n) is 1.80. The molecule has 0 bridgehead atoms. The van der Waals surface area contributed by atoms with Crippen molar-refractivity contribution >= 4 is 5.95 Å². The summed E-state index contributed by atoms with van der Waals surface area (Å²) >= 11 is 0. The number of aliphatic hydroxyl groups excluding tert-OH is 1. The number of hydrogen-bond donors (Lipinski definition) is 3. The van der Waals surface area contributed by atoms with Crippen LogP contribution in [0, 0.1) is 0 Å². The third-order valence-corrected chi connectivity index (χ3v) is 1.80. The molecule has 1 heterocycles. The van der Waals surface area contributed by atoms with Crippen molar-refractivity contribution in [3.05, 3.63) is 22.1 Å². The molecular formula is C9H15N3O2. The van der Waals surface area contributed by atoms with Gasteiger partial charge in [-0.2, -0.15) is 0 Å². The second-order valence-electron chi connectivity index (χ2n) is 2.99. The van der Waals surface area contributed by atoms with Crippen molar-refractivity contribution in [3.8, 4) is 0 Å². The zero-order valence-electron chi connectivity index (χ0n) is 8.21. The number of rotatable bonds is 5. The van der Waals surface area contributed by atoms with E-state index in [1.165, 1.54) is 6.20 Å². The molecule has 0 aliphatic rings. The van der Waals surface area contributed by atoms with Gasteiger partial charge in [-0.15, -0.1) is 0 Å². The Balaban J connectivity index is 2.73. The van der Waals surface area contributed by atoms with E-state index in [0.29, 0.717) is 17.9 Å². The third kappa shape index (κ3) is 2.85. The van der Waals surface area contributed by atoms with Gasteiger partial charge in [0.05, 0.1) is 0 Å². The van der Waals surface area contributed by atoms with E-state index in [1.54, 1.807) is 0 Å². The predicted molar refractivity (Wildman–Crippen MR) is 54.4 cm³/mol. The van der Waals surface area contributed by atoms with Gasteiger partial charge in [0, 0.05) is 31.3 Å². The minimum absolute atomic E-state index is 0.0352. The molecule has 0 spiro atoms. The highest BCUT2D eigenvalue weighted by atomic mass is 16.3. The molecule has 1 aromatic heterocycles. The van der Waals surface area contributed by atoms with Gasteiger partial charge < -0.3 is 10.4 Å². The number of aliphatic hydroxyl groups is 1. The van der Waals surface area contributed by atoms with Crippen LogP contribution >= 0.6 is 0 Å². The molecule has 0 saturated heterocycles. The van der Waals surface area contributed by atoms with Gasteiger partial charge >= 0.3 is 0 Å². The Morgan fingerprint density at radius 3 is 3.00 bits per heavy atom. The standard InChI is InChI=1S/C9H15N3O2/c1-2-4-10-9-11-6-7(3-5-13)8(14)12-9/h6,13H,2-5H2,1H3,(H2,10,11,12,14). The Hall–Kier alpha value is -1.36. The van der Waals surface area contributed by atoms with Crippen molar-refractivity contribution in [2.45, 2.75) is 19.8 Å². The Bertz CT molecular complexity index is 335. The highest BCUT2D eigenvalue weighted by Crippen LogP contribution is 1.95. The Labute approximate surface area is 82.2 Å². The summed E-state index contributed by atoms with van der Waals surface area (Å²) in [7, 11) is 0. The quantitative estimate of drug-likeness (QED) is 0.627. The van der Waals surface area contributed by atoms with E-state index in [2.05, 4.69) is 15.3 Å². The van der Waals surface area contributed by atoms with E-state index in [-0.39, 0.29) is 12.2 Å². The first-order valence-corrected chi connectivity index (χ1v) is 4.71. The number of nitrogens with one attached hydrogen (secondary N) is 2. The molecule has 14 heavy (non-hydrogen) atoms. The van der Waals surface area contributed by atoms with Crippen molar-refractivity contribution < 1.29 is 5.11 Å². The number of aromatic amines is 1. The first-order valence-electron chi connectivity index (χ1n) is 4.71. The van der Waals surface area contributed by atoms with Crippen LogP contribution in [-0.2, 0) is 6.42 Å². The summed E-state index contributed by atoms with van der Waals surface area (Å²) in [5, 5.41) is 11.6. The molecule has 0 fully saturated rings. The smallest absolute Gasteiger partial charge is 0.255 e. The maximum Gasteiger partial charge on any atom is 0.255 e. The maximum atomic E-state index is 11.3. The van der Waals surface area contributed by atoms with Crippen LogP contribution in [0.4, 0.5) is 5.95 Å². The lowest BCUT2D eigenvalue weighted by Crippen LogP contribution is -2.17.